The summed E-state index contributed by atoms with van der Waals surface area (Å²) in [5.41, 5.74) is 0.510. The molecule has 0 radical (unpaired) electrons. The third kappa shape index (κ3) is 3.74. The van der Waals surface area contributed by atoms with Gasteiger partial charge in [0.05, 0.1) is 14.2 Å². The summed E-state index contributed by atoms with van der Waals surface area (Å²) in [5.74, 6) is 1.81. The van der Waals surface area contributed by atoms with Crippen LogP contribution in [0.1, 0.15) is 24.0 Å². The molecule has 2 fully saturated rings. The maximum Gasteiger partial charge on any atom is 0.262 e. The molecule has 7 nitrogen and oxygen atoms in total. The molecule has 2 heterocycles. The number of benzene rings is 2. The highest BCUT2D eigenvalue weighted by molar-refractivity contribution is 6.10. The molecular formula is C24H30N4O3. The van der Waals surface area contributed by atoms with Crippen LogP contribution in [0.4, 0.5) is 0 Å². The van der Waals surface area contributed by atoms with Gasteiger partial charge in [0, 0.05) is 6.54 Å². The van der Waals surface area contributed by atoms with Crippen molar-refractivity contribution in [1.29, 1.82) is 5.41 Å². The number of carbonyl (C=O) groups excluding carboxylic acids is 1. The van der Waals surface area contributed by atoms with E-state index in [-0.39, 0.29) is 11.9 Å². The lowest BCUT2D eigenvalue weighted by Crippen LogP contribution is -2.50. The molecule has 4 rings (SSSR count). The van der Waals surface area contributed by atoms with E-state index in [0.717, 1.165) is 48.6 Å². The standard InChI is InChI=1S/C24H30N4O3/c1-27-14-12-17(13-15-27)16-28-23(25)26-22(29)24(28,18-4-8-20(30-2)9-5-18)19-6-10-21(31-3)11-7-19/h4-11,17H,12-16H2,1-3H3,(H2,25,26,29). The number of methoxy groups -OCH3 is 2. The molecule has 0 bridgehead atoms. The van der Waals surface area contributed by atoms with Gasteiger partial charge in [0.1, 0.15) is 11.5 Å². The first-order chi connectivity index (χ1) is 15.0. The van der Waals surface area contributed by atoms with Crippen molar-refractivity contribution in [2.45, 2.75) is 18.4 Å². The molecule has 2 aromatic rings. The predicted octanol–water partition coefficient (Wildman–Crippen LogP) is 2.66. The van der Waals surface area contributed by atoms with Crippen LogP contribution in [-0.2, 0) is 10.3 Å². The SMILES string of the molecule is COc1ccc(C2(c3ccc(OC)cc3)C(=O)NC(=N)N2CC2CCN(C)CC2)cc1. The van der Waals surface area contributed by atoms with E-state index in [4.69, 9.17) is 14.9 Å². The Kier molecular flexibility index (Phi) is 5.87. The molecule has 0 saturated carbocycles. The Labute approximate surface area is 183 Å². The monoisotopic (exact) mass is 422 g/mol. The molecule has 2 aromatic carbocycles. The second kappa shape index (κ2) is 8.59. The molecule has 1 amide bonds. The Hall–Kier alpha value is -3.06. The number of likely N-dealkylation sites (tertiary alicyclic amines) is 1. The largest absolute Gasteiger partial charge is 0.497 e. The van der Waals surface area contributed by atoms with Crippen LogP contribution in [0.15, 0.2) is 48.5 Å². The van der Waals surface area contributed by atoms with E-state index in [1.54, 1.807) is 14.2 Å². The first-order valence-electron chi connectivity index (χ1n) is 10.6. The van der Waals surface area contributed by atoms with Crippen molar-refractivity contribution >= 4 is 11.9 Å². The molecule has 2 aliphatic heterocycles. The zero-order valence-electron chi connectivity index (χ0n) is 18.4. The van der Waals surface area contributed by atoms with Crippen molar-refractivity contribution in [3.05, 3.63) is 59.7 Å². The molecule has 0 aliphatic carbocycles. The van der Waals surface area contributed by atoms with Gasteiger partial charge in [-0.3, -0.25) is 15.5 Å². The average molecular weight is 423 g/mol. The lowest BCUT2D eigenvalue weighted by molar-refractivity contribution is -0.125. The van der Waals surface area contributed by atoms with Gasteiger partial charge in [-0.15, -0.1) is 0 Å². The number of piperidine rings is 1. The van der Waals surface area contributed by atoms with Crippen molar-refractivity contribution in [3.8, 4) is 11.5 Å². The van der Waals surface area contributed by atoms with Crippen LogP contribution < -0.4 is 14.8 Å². The Bertz CT molecular complexity index is 887. The third-order valence-electron chi connectivity index (χ3n) is 6.53. The third-order valence-corrected chi connectivity index (χ3v) is 6.53. The quantitative estimate of drug-likeness (QED) is 0.748. The highest BCUT2D eigenvalue weighted by Gasteiger charge is 2.54. The lowest BCUT2D eigenvalue weighted by atomic mass is 9.80. The Morgan fingerprint density at radius 2 is 1.45 bits per heavy atom. The summed E-state index contributed by atoms with van der Waals surface area (Å²) in [4.78, 5) is 17.8. The number of ether oxygens (including phenoxy) is 2. The first kappa shape index (κ1) is 21.2. The van der Waals surface area contributed by atoms with E-state index < -0.39 is 5.54 Å². The average Bonchev–Trinajstić information content (AvgIpc) is 3.05. The van der Waals surface area contributed by atoms with E-state index in [1.807, 2.05) is 53.4 Å². The minimum atomic E-state index is -1.11. The fourth-order valence-electron chi connectivity index (χ4n) is 4.69. The molecule has 31 heavy (non-hydrogen) atoms. The van der Waals surface area contributed by atoms with Crippen LogP contribution in [0.2, 0.25) is 0 Å². The van der Waals surface area contributed by atoms with Gasteiger partial charge in [0.15, 0.2) is 11.5 Å². The van der Waals surface area contributed by atoms with Crippen LogP contribution in [0.25, 0.3) is 0 Å². The van der Waals surface area contributed by atoms with E-state index >= 15 is 0 Å². The summed E-state index contributed by atoms with van der Waals surface area (Å²) in [6.45, 7) is 2.71. The van der Waals surface area contributed by atoms with Crippen molar-refractivity contribution in [3.63, 3.8) is 0 Å². The molecule has 2 saturated heterocycles. The number of nitrogens with zero attached hydrogens (tertiary/aromatic N) is 2. The molecule has 164 valence electrons. The minimum Gasteiger partial charge on any atom is -0.497 e. The lowest BCUT2D eigenvalue weighted by Gasteiger charge is -2.40. The van der Waals surface area contributed by atoms with E-state index in [9.17, 15) is 4.79 Å². The first-order valence-corrected chi connectivity index (χ1v) is 10.6. The molecule has 7 heteroatoms. The number of hydrogen-bond acceptors (Lipinski definition) is 5. The summed E-state index contributed by atoms with van der Waals surface area (Å²) >= 11 is 0. The number of carbonyl (C=O) groups is 1. The summed E-state index contributed by atoms with van der Waals surface area (Å²) in [6, 6.07) is 15.1. The number of amides is 1. The van der Waals surface area contributed by atoms with Crippen LogP contribution in [0, 0.1) is 11.3 Å². The molecule has 2 aliphatic rings. The van der Waals surface area contributed by atoms with E-state index in [1.165, 1.54) is 0 Å². The summed E-state index contributed by atoms with van der Waals surface area (Å²) in [7, 11) is 5.38. The molecule has 0 spiro atoms. The van der Waals surface area contributed by atoms with Gasteiger partial charge in [-0.25, -0.2) is 0 Å². The van der Waals surface area contributed by atoms with Crippen molar-refractivity contribution in [2.24, 2.45) is 5.92 Å². The summed E-state index contributed by atoms with van der Waals surface area (Å²) in [6.07, 6.45) is 2.10. The molecule has 0 unspecified atom stereocenters. The molecule has 2 N–H and O–H groups in total. The Morgan fingerprint density at radius 1 is 0.968 bits per heavy atom. The van der Waals surface area contributed by atoms with E-state index in [2.05, 4.69) is 17.3 Å². The van der Waals surface area contributed by atoms with Gasteiger partial charge >= 0.3 is 0 Å². The van der Waals surface area contributed by atoms with Gasteiger partial charge in [-0.05, 0) is 74.3 Å². The van der Waals surface area contributed by atoms with Crippen LogP contribution in [0.3, 0.4) is 0 Å². The van der Waals surface area contributed by atoms with Crippen molar-refractivity contribution in [2.75, 3.05) is 40.9 Å². The number of guanidine groups is 1. The summed E-state index contributed by atoms with van der Waals surface area (Å²) in [5, 5.41) is 11.4. The number of nitrogens with one attached hydrogen (secondary N) is 2. The van der Waals surface area contributed by atoms with Gasteiger partial charge < -0.3 is 19.3 Å². The minimum absolute atomic E-state index is 0.149. The highest BCUT2D eigenvalue weighted by atomic mass is 16.5. The number of rotatable bonds is 6. The maximum absolute atomic E-state index is 13.6. The number of hydrogen-bond donors (Lipinski definition) is 2. The van der Waals surface area contributed by atoms with Crippen LogP contribution in [0.5, 0.6) is 11.5 Å². The zero-order valence-corrected chi connectivity index (χ0v) is 18.4. The van der Waals surface area contributed by atoms with Crippen molar-refractivity contribution < 1.29 is 14.3 Å². The van der Waals surface area contributed by atoms with Crippen LogP contribution in [-0.4, -0.2) is 62.6 Å². The maximum atomic E-state index is 13.6. The van der Waals surface area contributed by atoms with Crippen LogP contribution >= 0.6 is 0 Å². The highest BCUT2D eigenvalue weighted by Crippen LogP contribution is 2.41. The summed E-state index contributed by atoms with van der Waals surface area (Å²) < 4.78 is 10.7. The smallest absolute Gasteiger partial charge is 0.262 e. The Balaban J connectivity index is 1.81. The molecule has 0 aromatic heterocycles. The van der Waals surface area contributed by atoms with E-state index in [0.29, 0.717) is 12.5 Å². The molecular weight excluding hydrogens is 392 g/mol. The topological polar surface area (TPSA) is 77.9 Å². The zero-order chi connectivity index (χ0) is 22.0. The fourth-order valence-corrected chi connectivity index (χ4v) is 4.69. The van der Waals surface area contributed by atoms with Gasteiger partial charge in [0.2, 0.25) is 0 Å². The predicted molar refractivity (Wildman–Crippen MR) is 120 cm³/mol. The second-order valence-electron chi connectivity index (χ2n) is 8.33. The van der Waals surface area contributed by atoms with Gasteiger partial charge in [-0.1, -0.05) is 24.3 Å². The fraction of sp³-hybridized carbons (Fsp3) is 0.417. The van der Waals surface area contributed by atoms with Gasteiger partial charge in [-0.2, -0.15) is 0 Å². The normalized spacial score (nSPS) is 19.4. The van der Waals surface area contributed by atoms with Gasteiger partial charge in [0.25, 0.3) is 5.91 Å². The Morgan fingerprint density at radius 3 is 1.90 bits per heavy atom. The van der Waals surface area contributed by atoms with Crippen molar-refractivity contribution in [1.82, 2.24) is 15.1 Å². The second-order valence-corrected chi connectivity index (χ2v) is 8.33. The molecule has 0 atom stereocenters.